The maximum absolute atomic E-state index is 8.73. The van der Waals surface area contributed by atoms with E-state index in [1.165, 1.54) is 21.8 Å². The van der Waals surface area contributed by atoms with Gasteiger partial charge >= 0.3 is 0 Å². The van der Waals surface area contributed by atoms with Crippen molar-refractivity contribution in [1.82, 2.24) is 0 Å². The molecule has 1 aromatic heterocycles. The van der Waals surface area contributed by atoms with Gasteiger partial charge in [0.25, 0.3) is 0 Å². The summed E-state index contributed by atoms with van der Waals surface area (Å²) in [6, 6.07) is 14.5. The standard InChI is InChI=1S/C14H14N2S/c1-2-11-3-5-12(6-4-11)16-10-14-8-7-13(9-15)17-14/h3-8,16H,2,10H2,1H3. The quantitative estimate of drug-likeness (QED) is 0.885. The SMILES string of the molecule is CCc1ccc(NCc2ccc(C#N)s2)cc1. The van der Waals surface area contributed by atoms with E-state index in [0.29, 0.717) is 0 Å². The van der Waals surface area contributed by atoms with Gasteiger partial charge in [-0.25, -0.2) is 0 Å². The molecule has 0 fully saturated rings. The van der Waals surface area contributed by atoms with Gasteiger partial charge in [-0.3, -0.25) is 0 Å². The molecule has 86 valence electrons. The molecule has 0 aliphatic rings. The number of anilines is 1. The Morgan fingerprint density at radius 2 is 1.94 bits per heavy atom. The molecule has 0 spiro atoms. The van der Waals surface area contributed by atoms with Gasteiger partial charge in [-0.1, -0.05) is 19.1 Å². The van der Waals surface area contributed by atoms with Crippen LogP contribution in [0.4, 0.5) is 5.69 Å². The van der Waals surface area contributed by atoms with E-state index in [9.17, 15) is 0 Å². The molecule has 0 radical (unpaired) electrons. The van der Waals surface area contributed by atoms with Gasteiger partial charge in [0.15, 0.2) is 0 Å². The van der Waals surface area contributed by atoms with Crippen LogP contribution in [0.25, 0.3) is 0 Å². The van der Waals surface area contributed by atoms with Crippen molar-refractivity contribution >= 4 is 17.0 Å². The first-order valence-corrected chi connectivity index (χ1v) is 6.45. The molecule has 0 aliphatic carbocycles. The second-order valence-corrected chi connectivity index (χ2v) is 4.95. The smallest absolute Gasteiger partial charge is 0.110 e. The molecule has 0 saturated heterocycles. The zero-order chi connectivity index (χ0) is 12.1. The average molecular weight is 242 g/mol. The van der Waals surface area contributed by atoms with E-state index in [1.807, 2.05) is 12.1 Å². The summed E-state index contributed by atoms with van der Waals surface area (Å²) in [5.41, 5.74) is 2.47. The van der Waals surface area contributed by atoms with Crippen molar-refractivity contribution in [3.05, 3.63) is 51.7 Å². The fraction of sp³-hybridized carbons (Fsp3) is 0.214. The van der Waals surface area contributed by atoms with Crippen molar-refractivity contribution in [2.75, 3.05) is 5.32 Å². The number of hydrogen-bond donors (Lipinski definition) is 1. The third-order valence-electron chi connectivity index (χ3n) is 2.60. The topological polar surface area (TPSA) is 35.8 Å². The van der Waals surface area contributed by atoms with E-state index < -0.39 is 0 Å². The minimum Gasteiger partial charge on any atom is -0.380 e. The highest BCUT2D eigenvalue weighted by Gasteiger charge is 1.99. The molecule has 0 saturated carbocycles. The highest BCUT2D eigenvalue weighted by atomic mass is 32.1. The van der Waals surface area contributed by atoms with Crippen molar-refractivity contribution in [3.63, 3.8) is 0 Å². The molecular weight excluding hydrogens is 228 g/mol. The molecule has 2 aromatic rings. The molecule has 2 nitrogen and oxygen atoms in total. The van der Waals surface area contributed by atoms with Gasteiger partial charge in [-0.15, -0.1) is 11.3 Å². The first-order chi connectivity index (χ1) is 8.31. The predicted molar refractivity (Wildman–Crippen MR) is 72.2 cm³/mol. The van der Waals surface area contributed by atoms with Crippen LogP contribution in [0, 0.1) is 11.3 Å². The Labute approximate surface area is 106 Å². The van der Waals surface area contributed by atoms with E-state index in [-0.39, 0.29) is 0 Å². The minimum atomic E-state index is 0.767. The van der Waals surface area contributed by atoms with Gasteiger partial charge in [0.05, 0.1) is 0 Å². The second kappa shape index (κ2) is 5.51. The number of hydrogen-bond acceptors (Lipinski definition) is 3. The fourth-order valence-electron chi connectivity index (χ4n) is 1.58. The van der Waals surface area contributed by atoms with Gasteiger partial charge in [-0.2, -0.15) is 5.26 Å². The first-order valence-electron chi connectivity index (χ1n) is 5.63. The zero-order valence-corrected chi connectivity index (χ0v) is 10.6. The van der Waals surface area contributed by atoms with Crippen LogP contribution in [-0.4, -0.2) is 0 Å². The number of nitrogens with zero attached hydrogens (tertiary/aromatic N) is 1. The maximum atomic E-state index is 8.73. The Balaban J connectivity index is 1.95. The molecule has 2 rings (SSSR count). The number of nitrogens with one attached hydrogen (secondary N) is 1. The Kier molecular flexibility index (Phi) is 3.79. The van der Waals surface area contributed by atoms with Gasteiger partial charge in [0, 0.05) is 17.1 Å². The lowest BCUT2D eigenvalue weighted by molar-refractivity contribution is 1.13. The highest BCUT2D eigenvalue weighted by molar-refractivity contribution is 7.12. The maximum Gasteiger partial charge on any atom is 0.110 e. The lowest BCUT2D eigenvalue weighted by atomic mass is 10.1. The number of thiophene rings is 1. The number of nitriles is 1. The van der Waals surface area contributed by atoms with Crippen LogP contribution in [0.3, 0.4) is 0 Å². The molecule has 1 heterocycles. The van der Waals surface area contributed by atoms with E-state index in [2.05, 4.69) is 42.6 Å². The van der Waals surface area contributed by atoms with Crippen molar-refractivity contribution in [1.29, 1.82) is 5.26 Å². The molecule has 1 aromatic carbocycles. The monoisotopic (exact) mass is 242 g/mol. The summed E-state index contributed by atoms with van der Waals surface area (Å²) in [6.07, 6.45) is 1.07. The third kappa shape index (κ3) is 3.08. The van der Waals surface area contributed by atoms with Crippen LogP contribution < -0.4 is 5.32 Å². The van der Waals surface area contributed by atoms with Crippen molar-refractivity contribution < 1.29 is 0 Å². The molecular formula is C14H14N2S. The van der Waals surface area contributed by atoms with E-state index in [4.69, 9.17) is 5.26 Å². The molecule has 17 heavy (non-hydrogen) atoms. The van der Waals surface area contributed by atoms with Crippen LogP contribution in [-0.2, 0) is 13.0 Å². The van der Waals surface area contributed by atoms with Gasteiger partial charge < -0.3 is 5.32 Å². The third-order valence-corrected chi connectivity index (χ3v) is 3.59. The summed E-state index contributed by atoms with van der Waals surface area (Å²) in [5.74, 6) is 0. The number of aryl methyl sites for hydroxylation is 1. The van der Waals surface area contributed by atoms with Crippen LogP contribution in [0.1, 0.15) is 22.2 Å². The number of benzene rings is 1. The largest absolute Gasteiger partial charge is 0.380 e. The van der Waals surface area contributed by atoms with Crippen LogP contribution in [0.2, 0.25) is 0 Å². The van der Waals surface area contributed by atoms with Gasteiger partial charge in [0.1, 0.15) is 10.9 Å². The van der Waals surface area contributed by atoms with Crippen LogP contribution in [0.15, 0.2) is 36.4 Å². The van der Waals surface area contributed by atoms with Gasteiger partial charge in [0.2, 0.25) is 0 Å². The van der Waals surface area contributed by atoms with Crippen molar-refractivity contribution in [2.24, 2.45) is 0 Å². The highest BCUT2D eigenvalue weighted by Crippen LogP contribution is 2.17. The van der Waals surface area contributed by atoms with E-state index >= 15 is 0 Å². The summed E-state index contributed by atoms with van der Waals surface area (Å²) in [6.45, 7) is 2.93. The average Bonchev–Trinajstić information content (AvgIpc) is 2.85. The predicted octanol–water partition coefficient (Wildman–Crippen LogP) is 3.79. The molecule has 0 aliphatic heterocycles. The Morgan fingerprint density at radius 1 is 1.18 bits per heavy atom. The first kappa shape index (κ1) is 11.7. The van der Waals surface area contributed by atoms with Gasteiger partial charge in [-0.05, 0) is 36.2 Å². The molecule has 3 heteroatoms. The zero-order valence-electron chi connectivity index (χ0n) is 9.73. The summed E-state index contributed by atoms with van der Waals surface area (Å²) in [5, 5.41) is 12.1. The lowest BCUT2D eigenvalue weighted by Gasteiger charge is -2.05. The summed E-state index contributed by atoms with van der Waals surface area (Å²) in [4.78, 5) is 1.95. The Hall–Kier alpha value is -1.79. The summed E-state index contributed by atoms with van der Waals surface area (Å²) >= 11 is 1.54. The second-order valence-electron chi connectivity index (χ2n) is 3.78. The van der Waals surface area contributed by atoms with Crippen LogP contribution >= 0.6 is 11.3 Å². The Morgan fingerprint density at radius 3 is 2.53 bits per heavy atom. The molecule has 0 atom stereocenters. The molecule has 1 N–H and O–H groups in total. The summed E-state index contributed by atoms with van der Waals surface area (Å²) < 4.78 is 0. The Bertz CT molecular complexity index is 520. The fourth-order valence-corrected chi connectivity index (χ4v) is 2.33. The number of rotatable bonds is 4. The van der Waals surface area contributed by atoms with E-state index in [0.717, 1.165) is 23.5 Å². The molecule has 0 unspecified atom stereocenters. The van der Waals surface area contributed by atoms with Crippen LogP contribution in [0.5, 0.6) is 0 Å². The lowest BCUT2D eigenvalue weighted by Crippen LogP contribution is -1.97. The molecule has 0 amide bonds. The van der Waals surface area contributed by atoms with E-state index in [1.54, 1.807) is 0 Å². The van der Waals surface area contributed by atoms with Crippen molar-refractivity contribution in [3.8, 4) is 6.07 Å². The molecule has 0 bridgehead atoms. The van der Waals surface area contributed by atoms with Crippen molar-refractivity contribution in [2.45, 2.75) is 19.9 Å². The minimum absolute atomic E-state index is 0.767. The normalized spacial score (nSPS) is 9.88. The summed E-state index contributed by atoms with van der Waals surface area (Å²) in [7, 11) is 0.